The highest BCUT2D eigenvalue weighted by molar-refractivity contribution is 7.98. The van der Waals surface area contributed by atoms with Crippen LogP contribution in [0.1, 0.15) is 44.2 Å². The highest BCUT2D eigenvalue weighted by Crippen LogP contribution is 2.21. The molecule has 1 unspecified atom stereocenters. The second-order valence-electron chi connectivity index (χ2n) is 5.16. The molecule has 0 amide bonds. The molecule has 0 saturated heterocycles. The molecule has 2 nitrogen and oxygen atoms in total. The molecule has 0 heterocycles. The molecule has 110 valence electrons. The van der Waals surface area contributed by atoms with Crippen LogP contribution in [0.25, 0.3) is 0 Å². The first-order valence-electron chi connectivity index (χ1n) is 7.46. The standard InChI is InChI=1S/C17H26N2S/c1-4-17(14-18,19-5-2)11-8-12-20-13-16-10-7-6-9-15(16)3/h6-7,9-10,19H,4-5,8,11-13H2,1-3H3. The maximum atomic E-state index is 9.36. The average molecular weight is 290 g/mol. The molecular formula is C17H26N2S. The molecule has 1 atom stereocenters. The van der Waals surface area contributed by atoms with Crippen molar-refractivity contribution in [3.8, 4) is 6.07 Å². The number of nitrogens with one attached hydrogen (secondary N) is 1. The molecule has 0 bridgehead atoms. The lowest BCUT2D eigenvalue weighted by atomic mass is 9.92. The Morgan fingerprint density at radius 2 is 2.05 bits per heavy atom. The van der Waals surface area contributed by atoms with Gasteiger partial charge in [-0.2, -0.15) is 17.0 Å². The lowest BCUT2D eigenvalue weighted by Gasteiger charge is -2.25. The molecule has 1 rings (SSSR count). The average Bonchev–Trinajstić information content (AvgIpc) is 2.47. The van der Waals surface area contributed by atoms with Gasteiger partial charge in [0.25, 0.3) is 0 Å². The summed E-state index contributed by atoms with van der Waals surface area (Å²) in [4.78, 5) is 0. The molecule has 0 aliphatic rings. The van der Waals surface area contributed by atoms with Crippen molar-refractivity contribution in [3.63, 3.8) is 0 Å². The van der Waals surface area contributed by atoms with Gasteiger partial charge in [-0.1, -0.05) is 38.1 Å². The van der Waals surface area contributed by atoms with Crippen LogP contribution in [0.15, 0.2) is 24.3 Å². The van der Waals surface area contributed by atoms with E-state index in [0.717, 1.165) is 37.3 Å². The van der Waals surface area contributed by atoms with E-state index in [1.807, 2.05) is 11.8 Å². The van der Waals surface area contributed by atoms with E-state index in [0.29, 0.717) is 0 Å². The van der Waals surface area contributed by atoms with Crippen LogP contribution in [-0.4, -0.2) is 17.8 Å². The third-order valence-corrected chi connectivity index (χ3v) is 4.84. The minimum atomic E-state index is -0.321. The summed E-state index contributed by atoms with van der Waals surface area (Å²) in [6.45, 7) is 7.18. The van der Waals surface area contributed by atoms with Crippen LogP contribution in [0.5, 0.6) is 0 Å². The normalized spacial score (nSPS) is 13.7. The number of thioether (sulfide) groups is 1. The van der Waals surface area contributed by atoms with Gasteiger partial charge in [-0.05, 0) is 49.6 Å². The number of hydrogen-bond acceptors (Lipinski definition) is 3. The predicted molar refractivity (Wildman–Crippen MR) is 88.9 cm³/mol. The van der Waals surface area contributed by atoms with Gasteiger partial charge in [-0.15, -0.1) is 0 Å². The Morgan fingerprint density at radius 1 is 1.30 bits per heavy atom. The number of nitrogens with zero attached hydrogens (tertiary/aromatic N) is 1. The lowest BCUT2D eigenvalue weighted by Crippen LogP contribution is -2.43. The topological polar surface area (TPSA) is 35.8 Å². The van der Waals surface area contributed by atoms with Crippen LogP contribution in [0.4, 0.5) is 0 Å². The second-order valence-corrected chi connectivity index (χ2v) is 6.27. The van der Waals surface area contributed by atoms with Crippen molar-refractivity contribution < 1.29 is 0 Å². The molecule has 0 aromatic heterocycles. The van der Waals surface area contributed by atoms with Crippen molar-refractivity contribution in [1.29, 1.82) is 5.26 Å². The quantitative estimate of drug-likeness (QED) is 0.689. The smallest absolute Gasteiger partial charge is 0.106 e. The first-order chi connectivity index (χ1) is 9.67. The largest absolute Gasteiger partial charge is 0.300 e. The molecule has 0 aliphatic carbocycles. The molecule has 3 heteroatoms. The van der Waals surface area contributed by atoms with Gasteiger partial charge in [0, 0.05) is 5.75 Å². The fourth-order valence-corrected chi connectivity index (χ4v) is 3.37. The van der Waals surface area contributed by atoms with Gasteiger partial charge < -0.3 is 0 Å². The Bertz CT molecular complexity index is 439. The minimum Gasteiger partial charge on any atom is -0.300 e. The number of hydrogen-bond donors (Lipinski definition) is 1. The van der Waals surface area contributed by atoms with Crippen molar-refractivity contribution in [1.82, 2.24) is 5.32 Å². The van der Waals surface area contributed by atoms with Gasteiger partial charge in [0.05, 0.1) is 6.07 Å². The van der Waals surface area contributed by atoms with E-state index in [-0.39, 0.29) is 5.54 Å². The molecule has 1 N–H and O–H groups in total. The predicted octanol–water partition coefficient (Wildman–Crippen LogP) is 4.29. The number of benzene rings is 1. The number of rotatable bonds is 9. The maximum Gasteiger partial charge on any atom is 0.106 e. The molecule has 1 aromatic rings. The van der Waals surface area contributed by atoms with Crippen molar-refractivity contribution in [2.24, 2.45) is 0 Å². The van der Waals surface area contributed by atoms with Crippen LogP contribution >= 0.6 is 11.8 Å². The highest BCUT2D eigenvalue weighted by atomic mass is 32.2. The summed E-state index contributed by atoms with van der Waals surface area (Å²) in [6, 6.07) is 11.0. The number of nitriles is 1. The van der Waals surface area contributed by atoms with Gasteiger partial charge in [0.15, 0.2) is 0 Å². The first kappa shape index (κ1) is 17.1. The van der Waals surface area contributed by atoms with Crippen molar-refractivity contribution in [2.45, 2.75) is 51.3 Å². The summed E-state index contributed by atoms with van der Waals surface area (Å²) in [5.74, 6) is 2.18. The van der Waals surface area contributed by atoms with Crippen molar-refractivity contribution >= 4 is 11.8 Å². The second kappa shape index (κ2) is 9.05. The fourth-order valence-electron chi connectivity index (χ4n) is 2.33. The van der Waals surface area contributed by atoms with Gasteiger partial charge in [-0.3, -0.25) is 5.32 Å². The fraction of sp³-hybridized carbons (Fsp3) is 0.588. The summed E-state index contributed by atoms with van der Waals surface area (Å²) in [6.07, 6.45) is 2.90. The Kier molecular flexibility index (Phi) is 7.72. The monoisotopic (exact) mass is 290 g/mol. The van der Waals surface area contributed by atoms with Gasteiger partial charge in [0.1, 0.15) is 5.54 Å². The van der Waals surface area contributed by atoms with Gasteiger partial charge >= 0.3 is 0 Å². The summed E-state index contributed by atoms with van der Waals surface area (Å²) >= 11 is 1.96. The van der Waals surface area contributed by atoms with Crippen LogP contribution < -0.4 is 5.32 Å². The molecular weight excluding hydrogens is 264 g/mol. The molecule has 0 spiro atoms. The molecule has 20 heavy (non-hydrogen) atoms. The van der Waals surface area contributed by atoms with Crippen molar-refractivity contribution in [3.05, 3.63) is 35.4 Å². The van der Waals surface area contributed by atoms with E-state index in [1.165, 1.54) is 11.1 Å². The summed E-state index contributed by atoms with van der Waals surface area (Å²) in [5, 5.41) is 12.7. The molecule has 0 radical (unpaired) electrons. The van der Waals surface area contributed by atoms with Crippen LogP contribution in [0.2, 0.25) is 0 Å². The van der Waals surface area contributed by atoms with Gasteiger partial charge in [0.2, 0.25) is 0 Å². The maximum absolute atomic E-state index is 9.36. The SMILES string of the molecule is CCNC(C#N)(CC)CCCSCc1ccccc1C. The van der Waals surface area contributed by atoms with E-state index < -0.39 is 0 Å². The van der Waals surface area contributed by atoms with Gasteiger partial charge in [-0.25, -0.2) is 0 Å². The van der Waals surface area contributed by atoms with Crippen LogP contribution in [0.3, 0.4) is 0 Å². The van der Waals surface area contributed by atoms with Crippen molar-refractivity contribution in [2.75, 3.05) is 12.3 Å². The first-order valence-corrected chi connectivity index (χ1v) is 8.61. The van der Waals surface area contributed by atoms with E-state index in [2.05, 4.69) is 56.4 Å². The summed E-state index contributed by atoms with van der Waals surface area (Å²) < 4.78 is 0. The zero-order chi connectivity index (χ0) is 14.8. The van der Waals surface area contributed by atoms with E-state index in [1.54, 1.807) is 0 Å². The molecule has 0 aliphatic heterocycles. The Labute approximate surface area is 128 Å². The third kappa shape index (κ3) is 5.19. The molecule has 0 fully saturated rings. The zero-order valence-corrected chi connectivity index (χ0v) is 13.7. The summed E-state index contributed by atoms with van der Waals surface area (Å²) in [7, 11) is 0. The molecule has 1 aromatic carbocycles. The molecule has 0 saturated carbocycles. The third-order valence-electron chi connectivity index (χ3n) is 3.74. The Balaban J connectivity index is 2.31. The number of aryl methyl sites for hydroxylation is 1. The highest BCUT2D eigenvalue weighted by Gasteiger charge is 2.25. The van der Waals surface area contributed by atoms with Crippen LogP contribution in [-0.2, 0) is 5.75 Å². The zero-order valence-electron chi connectivity index (χ0n) is 12.9. The Morgan fingerprint density at radius 3 is 2.65 bits per heavy atom. The van der Waals surface area contributed by atoms with E-state index in [9.17, 15) is 5.26 Å². The Hall–Kier alpha value is -0.980. The minimum absolute atomic E-state index is 0.321. The lowest BCUT2D eigenvalue weighted by molar-refractivity contribution is 0.379. The van der Waals surface area contributed by atoms with Crippen LogP contribution in [0, 0.1) is 18.3 Å². The van der Waals surface area contributed by atoms with E-state index in [4.69, 9.17) is 0 Å². The summed E-state index contributed by atoms with van der Waals surface area (Å²) in [5.41, 5.74) is 2.47. The van der Waals surface area contributed by atoms with E-state index >= 15 is 0 Å².